The largest absolute Gasteiger partial charge is 0.457 e. The van der Waals surface area contributed by atoms with Crippen LogP contribution in [-0.4, -0.2) is 11.8 Å². The molecular formula is C29H23NO3. The van der Waals surface area contributed by atoms with Gasteiger partial charge in [-0.1, -0.05) is 54.6 Å². The summed E-state index contributed by atoms with van der Waals surface area (Å²) in [5, 5.41) is 0. The lowest BCUT2D eigenvalue weighted by Crippen LogP contribution is -2.40. The summed E-state index contributed by atoms with van der Waals surface area (Å²) < 4.78 is 6.00. The van der Waals surface area contributed by atoms with Gasteiger partial charge in [-0.2, -0.15) is 0 Å². The van der Waals surface area contributed by atoms with Crippen LogP contribution in [0.1, 0.15) is 6.42 Å². The van der Waals surface area contributed by atoms with Gasteiger partial charge >= 0.3 is 0 Å². The van der Waals surface area contributed by atoms with Crippen molar-refractivity contribution in [1.29, 1.82) is 0 Å². The highest BCUT2D eigenvalue weighted by Gasteiger charge is 2.67. The van der Waals surface area contributed by atoms with Gasteiger partial charge in [0.15, 0.2) is 0 Å². The third kappa shape index (κ3) is 2.83. The fourth-order valence-corrected chi connectivity index (χ4v) is 6.36. The van der Waals surface area contributed by atoms with Gasteiger partial charge in [-0.25, -0.2) is 0 Å². The molecule has 1 saturated heterocycles. The summed E-state index contributed by atoms with van der Waals surface area (Å²) in [5.41, 5.74) is 2.93. The quantitative estimate of drug-likeness (QED) is 0.391. The van der Waals surface area contributed by atoms with Crippen LogP contribution in [-0.2, 0) is 9.59 Å². The third-order valence-corrected chi connectivity index (χ3v) is 7.95. The van der Waals surface area contributed by atoms with Crippen molar-refractivity contribution in [1.82, 2.24) is 0 Å². The molecule has 3 aromatic carbocycles. The Morgan fingerprint density at radius 3 is 1.73 bits per heavy atom. The van der Waals surface area contributed by atoms with Gasteiger partial charge < -0.3 is 4.74 Å². The minimum Gasteiger partial charge on any atom is -0.457 e. The molecule has 0 unspecified atom stereocenters. The standard InChI is InChI=1S/C29H23NO3/c31-28-26-22-14-15-23(25-16-24(22)25)27(26)29(32)30(28)19-8-12-21(13-9-19)33-20-10-6-18(7-11-20)17-4-2-1-3-5-17/h1-15,22-27H,16H2/t22-,23-,24-,25-,26+,27+/m1/s1. The second kappa shape index (κ2) is 6.92. The molecule has 162 valence electrons. The molecule has 0 N–H and O–H groups in total. The van der Waals surface area contributed by atoms with Gasteiger partial charge in [0.2, 0.25) is 11.8 Å². The number of hydrogen-bond acceptors (Lipinski definition) is 3. The fourth-order valence-electron chi connectivity index (χ4n) is 6.36. The van der Waals surface area contributed by atoms with E-state index in [2.05, 4.69) is 24.3 Å². The Hall–Kier alpha value is -3.66. The Labute approximate surface area is 192 Å². The van der Waals surface area contributed by atoms with E-state index in [0.29, 0.717) is 23.3 Å². The average molecular weight is 434 g/mol. The van der Waals surface area contributed by atoms with E-state index in [0.717, 1.165) is 16.9 Å². The number of rotatable bonds is 4. The van der Waals surface area contributed by atoms with Crippen molar-refractivity contribution in [2.24, 2.45) is 35.5 Å². The summed E-state index contributed by atoms with van der Waals surface area (Å²) in [5.74, 6) is 2.73. The molecule has 6 atom stereocenters. The molecule has 4 heteroatoms. The normalized spacial score (nSPS) is 30.8. The lowest BCUT2D eigenvalue weighted by molar-refractivity contribution is -0.124. The van der Waals surface area contributed by atoms with E-state index < -0.39 is 0 Å². The molecule has 1 aliphatic heterocycles. The van der Waals surface area contributed by atoms with Crippen LogP contribution in [0.25, 0.3) is 11.1 Å². The Balaban J connectivity index is 1.09. The number of imide groups is 1. The first-order chi connectivity index (χ1) is 16.2. The van der Waals surface area contributed by atoms with Crippen molar-refractivity contribution in [3.8, 4) is 22.6 Å². The maximum Gasteiger partial charge on any atom is 0.238 e. The van der Waals surface area contributed by atoms with E-state index in [-0.39, 0.29) is 35.5 Å². The molecule has 5 aliphatic rings. The van der Waals surface area contributed by atoms with Gasteiger partial charge in [-0.15, -0.1) is 0 Å². The van der Waals surface area contributed by atoms with E-state index in [4.69, 9.17) is 4.74 Å². The van der Waals surface area contributed by atoms with Crippen LogP contribution in [0.5, 0.6) is 11.5 Å². The Morgan fingerprint density at radius 2 is 1.15 bits per heavy atom. The lowest BCUT2D eigenvalue weighted by atomic mass is 9.63. The van der Waals surface area contributed by atoms with Crippen LogP contribution in [0.4, 0.5) is 5.69 Å². The maximum absolute atomic E-state index is 13.3. The van der Waals surface area contributed by atoms with Gasteiger partial charge in [-0.05, 0) is 77.6 Å². The summed E-state index contributed by atoms with van der Waals surface area (Å²) in [6, 6.07) is 25.5. The lowest BCUT2D eigenvalue weighted by Gasteiger charge is -2.37. The summed E-state index contributed by atoms with van der Waals surface area (Å²) in [7, 11) is 0. The molecule has 2 amide bonds. The van der Waals surface area contributed by atoms with Gasteiger partial charge in [0.25, 0.3) is 0 Å². The number of benzene rings is 3. The highest BCUT2D eigenvalue weighted by Crippen LogP contribution is 2.65. The molecule has 4 nitrogen and oxygen atoms in total. The number of amides is 2. The maximum atomic E-state index is 13.3. The summed E-state index contributed by atoms with van der Waals surface area (Å²) in [4.78, 5) is 28.0. The number of ether oxygens (including phenoxy) is 1. The fraction of sp³-hybridized carbons (Fsp3) is 0.241. The first-order valence-corrected chi connectivity index (χ1v) is 11.7. The molecule has 3 fully saturated rings. The average Bonchev–Trinajstić information content (AvgIpc) is 3.64. The molecule has 0 spiro atoms. The minimum absolute atomic E-state index is 0.0279. The number of nitrogens with zero attached hydrogens (tertiary/aromatic N) is 1. The minimum atomic E-state index is -0.171. The topological polar surface area (TPSA) is 46.6 Å². The second-order valence-corrected chi connectivity index (χ2v) is 9.65. The highest BCUT2D eigenvalue weighted by molar-refractivity contribution is 6.22. The smallest absolute Gasteiger partial charge is 0.238 e. The van der Waals surface area contributed by atoms with Crippen molar-refractivity contribution in [2.45, 2.75) is 6.42 Å². The molecule has 2 bridgehead atoms. The Morgan fingerprint density at radius 1 is 0.636 bits per heavy atom. The number of anilines is 1. The molecule has 8 rings (SSSR count). The first kappa shape index (κ1) is 18.9. The van der Waals surface area contributed by atoms with Crippen molar-refractivity contribution in [2.75, 3.05) is 4.90 Å². The van der Waals surface area contributed by atoms with E-state index in [9.17, 15) is 9.59 Å². The number of carbonyl (C=O) groups excluding carboxylic acids is 2. The molecule has 2 saturated carbocycles. The summed E-state index contributed by atoms with van der Waals surface area (Å²) in [6.45, 7) is 0. The molecule has 0 radical (unpaired) electrons. The molecule has 0 aromatic heterocycles. The van der Waals surface area contributed by atoms with E-state index >= 15 is 0 Å². The third-order valence-electron chi connectivity index (χ3n) is 7.95. The number of hydrogen-bond donors (Lipinski definition) is 0. The Bertz CT molecular complexity index is 1240. The van der Waals surface area contributed by atoms with Crippen molar-refractivity contribution in [3.63, 3.8) is 0 Å². The summed E-state index contributed by atoms with van der Waals surface area (Å²) >= 11 is 0. The number of allylic oxidation sites excluding steroid dienone is 2. The van der Waals surface area contributed by atoms with E-state index in [1.54, 1.807) is 0 Å². The zero-order chi connectivity index (χ0) is 22.1. The van der Waals surface area contributed by atoms with Gasteiger partial charge in [0, 0.05) is 0 Å². The van der Waals surface area contributed by atoms with E-state index in [1.165, 1.54) is 11.3 Å². The van der Waals surface area contributed by atoms with Crippen LogP contribution in [0.15, 0.2) is 91.0 Å². The van der Waals surface area contributed by atoms with Crippen molar-refractivity contribution < 1.29 is 14.3 Å². The molecule has 1 heterocycles. The molecular weight excluding hydrogens is 410 g/mol. The second-order valence-electron chi connectivity index (χ2n) is 9.65. The molecule has 4 aliphatic carbocycles. The van der Waals surface area contributed by atoms with Gasteiger partial charge in [0.05, 0.1) is 17.5 Å². The SMILES string of the molecule is O=C1[C@H]2[C@@H]3C=C[C@H]([C@H]4C[C@H]34)[C@@H]2C(=O)N1c1ccc(Oc2ccc(-c3ccccc3)cc2)cc1. The monoisotopic (exact) mass is 433 g/mol. The van der Waals surface area contributed by atoms with Crippen molar-refractivity contribution >= 4 is 17.5 Å². The van der Waals surface area contributed by atoms with E-state index in [1.807, 2.05) is 66.7 Å². The zero-order valence-electron chi connectivity index (χ0n) is 18.0. The van der Waals surface area contributed by atoms with Crippen LogP contribution in [0, 0.1) is 35.5 Å². The van der Waals surface area contributed by atoms with Crippen LogP contribution in [0.2, 0.25) is 0 Å². The van der Waals surface area contributed by atoms with Gasteiger partial charge in [0.1, 0.15) is 11.5 Å². The van der Waals surface area contributed by atoms with Crippen molar-refractivity contribution in [3.05, 3.63) is 91.0 Å². The number of carbonyl (C=O) groups is 2. The predicted octanol–water partition coefficient (Wildman–Crippen LogP) is 5.70. The van der Waals surface area contributed by atoms with Gasteiger partial charge in [-0.3, -0.25) is 14.5 Å². The highest BCUT2D eigenvalue weighted by atomic mass is 16.5. The first-order valence-electron chi connectivity index (χ1n) is 11.7. The summed E-state index contributed by atoms with van der Waals surface area (Å²) in [6.07, 6.45) is 5.58. The molecule has 33 heavy (non-hydrogen) atoms. The van der Waals surface area contributed by atoms with Crippen LogP contribution < -0.4 is 9.64 Å². The zero-order valence-corrected chi connectivity index (χ0v) is 18.0. The predicted molar refractivity (Wildman–Crippen MR) is 126 cm³/mol. The van der Waals surface area contributed by atoms with Crippen LogP contribution >= 0.6 is 0 Å². The molecule has 3 aromatic rings. The Kier molecular flexibility index (Phi) is 3.95. The van der Waals surface area contributed by atoms with Crippen LogP contribution in [0.3, 0.4) is 0 Å².